The molecule has 0 bridgehead atoms. The minimum atomic E-state index is -0.0161. The average Bonchev–Trinajstić information content (AvgIpc) is 2.99. The van der Waals surface area contributed by atoms with E-state index < -0.39 is 0 Å². The number of piperazine rings is 1. The van der Waals surface area contributed by atoms with Crippen LogP contribution in [0.5, 0.6) is 0 Å². The molecule has 1 fully saturated rings. The zero-order chi connectivity index (χ0) is 16.2. The van der Waals surface area contributed by atoms with Crippen LogP contribution in [0.25, 0.3) is 0 Å². The van der Waals surface area contributed by atoms with Gasteiger partial charge in [-0.2, -0.15) is 0 Å². The molecule has 0 spiro atoms. The molecule has 2 heterocycles. The summed E-state index contributed by atoms with van der Waals surface area (Å²) in [6, 6.07) is 10.3. The van der Waals surface area contributed by atoms with Crippen LogP contribution in [0.2, 0.25) is 0 Å². The van der Waals surface area contributed by atoms with Gasteiger partial charge in [0, 0.05) is 25.0 Å². The van der Waals surface area contributed by atoms with Crippen molar-refractivity contribution in [2.75, 3.05) is 26.7 Å². The second kappa shape index (κ2) is 7.10. The number of hydrogen-bond acceptors (Lipinski definition) is 4. The first-order valence-electron chi connectivity index (χ1n) is 7.82. The van der Waals surface area contributed by atoms with E-state index in [2.05, 4.69) is 34.4 Å². The summed E-state index contributed by atoms with van der Waals surface area (Å²) in [6.07, 6.45) is 0. The number of amides is 2. The van der Waals surface area contributed by atoms with E-state index in [1.54, 1.807) is 11.3 Å². The van der Waals surface area contributed by atoms with Gasteiger partial charge in [-0.3, -0.25) is 0 Å². The van der Waals surface area contributed by atoms with E-state index in [1.807, 2.05) is 35.4 Å². The number of rotatable bonds is 3. The molecular formula is C17H22N4OS. The van der Waals surface area contributed by atoms with Crippen molar-refractivity contribution in [3.05, 3.63) is 52.0 Å². The normalized spacial score (nSPS) is 18.9. The fourth-order valence-electron chi connectivity index (χ4n) is 2.88. The minimum absolute atomic E-state index is 0.0161. The first-order valence-corrected chi connectivity index (χ1v) is 8.70. The summed E-state index contributed by atoms with van der Waals surface area (Å²) >= 11 is 1.61. The fraction of sp³-hybridized carbons (Fsp3) is 0.412. The number of benzene rings is 1. The SMILES string of the molecule is Cc1nc(CNC(=O)N2CCN(C)C[C@H]2c2ccccc2)cs1. The maximum absolute atomic E-state index is 12.6. The molecule has 0 radical (unpaired) electrons. The highest BCUT2D eigenvalue weighted by Gasteiger charge is 2.30. The molecular weight excluding hydrogens is 308 g/mol. The second-order valence-corrected chi connectivity index (χ2v) is 6.96. The third-order valence-corrected chi connectivity index (χ3v) is 4.94. The highest BCUT2D eigenvalue weighted by atomic mass is 32.1. The van der Waals surface area contributed by atoms with E-state index in [1.165, 1.54) is 5.56 Å². The number of carbonyl (C=O) groups is 1. The second-order valence-electron chi connectivity index (χ2n) is 5.90. The Morgan fingerprint density at radius 3 is 2.83 bits per heavy atom. The molecule has 2 aromatic rings. The highest BCUT2D eigenvalue weighted by molar-refractivity contribution is 7.09. The van der Waals surface area contributed by atoms with Crippen molar-refractivity contribution in [1.82, 2.24) is 20.1 Å². The van der Waals surface area contributed by atoms with E-state index in [4.69, 9.17) is 0 Å². The van der Waals surface area contributed by atoms with Crippen LogP contribution in [0.3, 0.4) is 0 Å². The minimum Gasteiger partial charge on any atom is -0.332 e. The van der Waals surface area contributed by atoms with E-state index in [0.717, 1.165) is 30.3 Å². The molecule has 3 rings (SSSR count). The summed E-state index contributed by atoms with van der Waals surface area (Å²) < 4.78 is 0. The lowest BCUT2D eigenvalue weighted by molar-refractivity contribution is 0.108. The predicted molar refractivity (Wildman–Crippen MR) is 92.5 cm³/mol. The Hall–Kier alpha value is -1.92. The molecule has 2 amide bonds. The monoisotopic (exact) mass is 330 g/mol. The Morgan fingerprint density at radius 2 is 2.13 bits per heavy atom. The van der Waals surface area contributed by atoms with Gasteiger partial charge >= 0.3 is 6.03 Å². The van der Waals surface area contributed by atoms with Gasteiger partial charge in [0.1, 0.15) is 0 Å². The number of urea groups is 1. The van der Waals surface area contributed by atoms with Crippen LogP contribution in [-0.2, 0) is 6.54 Å². The molecule has 23 heavy (non-hydrogen) atoms. The zero-order valence-electron chi connectivity index (χ0n) is 13.5. The lowest BCUT2D eigenvalue weighted by Gasteiger charge is -2.40. The molecule has 0 aliphatic carbocycles. The Labute approximate surface area is 140 Å². The van der Waals surface area contributed by atoms with Gasteiger partial charge in [-0.25, -0.2) is 9.78 Å². The largest absolute Gasteiger partial charge is 0.332 e. The molecule has 122 valence electrons. The smallest absolute Gasteiger partial charge is 0.318 e. The van der Waals surface area contributed by atoms with Crippen LogP contribution in [-0.4, -0.2) is 47.5 Å². The number of thiazole rings is 1. The zero-order valence-corrected chi connectivity index (χ0v) is 14.3. The summed E-state index contributed by atoms with van der Waals surface area (Å²) in [5, 5.41) is 6.03. The number of nitrogens with one attached hydrogen (secondary N) is 1. The van der Waals surface area contributed by atoms with Crippen molar-refractivity contribution in [2.24, 2.45) is 0 Å². The van der Waals surface area contributed by atoms with Crippen LogP contribution in [0, 0.1) is 6.92 Å². The van der Waals surface area contributed by atoms with E-state index in [0.29, 0.717) is 6.54 Å². The molecule has 1 N–H and O–H groups in total. The van der Waals surface area contributed by atoms with Gasteiger partial charge in [0.05, 0.1) is 23.3 Å². The number of aryl methyl sites for hydroxylation is 1. The third kappa shape index (κ3) is 3.89. The van der Waals surface area contributed by atoms with Gasteiger partial charge in [0.15, 0.2) is 0 Å². The average molecular weight is 330 g/mol. The number of aromatic nitrogens is 1. The van der Waals surface area contributed by atoms with Crippen molar-refractivity contribution in [3.63, 3.8) is 0 Å². The molecule has 1 aromatic heterocycles. The van der Waals surface area contributed by atoms with Gasteiger partial charge in [-0.15, -0.1) is 11.3 Å². The van der Waals surface area contributed by atoms with E-state index in [9.17, 15) is 4.79 Å². The number of hydrogen-bond donors (Lipinski definition) is 1. The lowest BCUT2D eigenvalue weighted by atomic mass is 10.0. The lowest BCUT2D eigenvalue weighted by Crippen LogP contribution is -2.52. The van der Waals surface area contributed by atoms with Crippen LogP contribution < -0.4 is 5.32 Å². The molecule has 1 saturated heterocycles. The van der Waals surface area contributed by atoms with Gasteiger partial charge in [0.25, 0.3) is 0 Å². The highest BCUT2D eigenvalue weighted by Crippen LogP contribution is 2.24. The maximum atomic E-state index is 12.6. The molecule has 1 aliphatic rings. The van der Waals surface area contributed by atoms with Gasteiger partial charge in [-0.05, 0) is 19.5 Å². The van der Waals surface area contributed by atoms with Crippen LogP contribution in [0.1, 0.15) is 22.3 Å². The Balaban J connectivity index is 1.69. The van der Waals surface area contributed by atoms with Crippen molar-refractivity contribution in [1.29, 1.82) is 0 Å². The van der Waals surface area contributed by atoms with Crippen LogP contribution >= 0.6 is 11.3 Å². The van der Waals surface area contributed by atoms with Gasteiger partial charge < -0.3 is 15.1 Å². The Morgan fingerprint density at radius 1 is 1.35 bits per heavy atom. The first kappa shape index (κ1) is 16.0. The van der Waals surface area contributed by atoms with E-state index >= 15 is 0 Å². The van der Waals surface area contributed by atoms with E-state index in [-0.39, 0.29) is 12.1 Å². The van der Waals surface area contributed by atoms with Crippen molar-refractivity contribution in [3.8, 4) is 0 Å². The fourth-order valence-corrected chi connectivity index (χ4v) is 3.49. The van der Waals surface area contributed by atoms with Crippen LogP contribution in [0.4, 0.5) is 4.79 Å². The number of carbonyl (C=O) groups excluding carboxylic acids is 1. The first-order chi connectivity index (χ1) is 11.1. The summed E-state index contributed by atoms with van der Waals surface area (Å²) in [5.74, 6) is 0. The van der Waals surface area contributed by atoms with Gasteiger partial charge in [-0.1, -0.05) is 30.3 Å². The van der Waals surface area contributed by atoms with Gasteiger partial charge in [0.2, 0.25) is 0 Å². The summed E-state index contributed by atoms with van der Waals surface area (Å²) in [5.41, 5.74) is 2.10. The van der Waals surface area contributed by atoms with Crippen LogP contribution in [0.15, 0.2) is 35.7 Å². The summed E-state index contributed by atoms with van der Waals surface area (Å²) in [7, 11) is 2.10. The Bertz CT molecular complexity index is 658. The molecule has 0 unspecified atom stereocenters. The molecule has 0 saturated carbocycles. The molecule has 1 atom stereocenters. The predicted octanol–water partition coefficient (Wildman–Crippen LogP) is 2.65. The van der Waals surface area contributed by atoms with Crippen molar-refractivity contribution in [2.45, 2.75) is 19.5 Å². The van der Waals surface area contributed by atoms with Crippen molar-refractivity contribution < 1.29 is 4.79 Å². The molecule has 6 heteroatoms. The molecule has 1 aliphatic heterocycles. The number of likely N-dealkylation sites (N-methyl/N-ethyl adjacent to an activating group) is 1. The molecule has 1 aromatic carbocycles. The number of nitrogens with zero attached hydrogens (tertiary/aromatic N) is 3. The standard InChI is InChI=1S/C17H22N4OS/c1-13-19-15(12-23-13)10-18-17(22)21-9-8-20(2)11-16(21)14-6-4-3-5-7-14/h3-7,12,16H,8-11H2,1-2H3,(H,18,22)/t16-/m0/s1. The summed E-state index contributed by atoms with van der Waals surface area (Å²) in [6.45, 7) is 4.94. The molecule has 5 nitrogen and oxygen atoms in total. The summed E-state index contributed by atoms with van der Waals surface area (Å²) in [4.78, 5) is 21.2. The Kier molecular flexibility index (Phi) is 4.93. The quantitative estimate of drug-likeness (QED) is 0.941. The third-order valence-electron chi connectivity index (χ3n) is 4.12. The maximum Gasteiger partial charge on any atom is 0.318 e. The topological polar surface area (TPSA) is 48.5 Å². The van der Waals surface area contributed by atoms with Crippen molar-refractivity contribution >= 4 is 17.4 Å².